The van der Waals surface area contributed by atoms with Crippen molar-refractivity contribution in [1.29, 1.82) is 5.26 Å². The quantitative estimate of drug-likeness (QED) is 0.898. The van der Waals surface area contributed by atoms with Crippen molar-refractivity contribution in [2.75, 3.05) is 19.5 Å². The number of ether oxygens (including phenoxy) is 2. The highest BCUT2D eigenvalue weighted by Crippen LogP contribution is 2.40. The molecule has 1 amide bonds. The molecule has 2 aromatic rings. The molecule has 3 rings (SSSR count). The first-order valence-electron chi connectivity index (χ1n) is 8.16. The van der Waals surface area contributed by atoms with E-state index in [4.69, 9.17) is 9.47 Å². The maximum absolute atomic E-state index is 12.8. The summed E-state index contributed by atoms with van der Waals surface area (Å²) in [6.45, 7) is 2.22. The Labute approximate surface area is 151 Å². The lowest BCUT2D eigenvalue weighted by atomic mass is 9.88. The molecule has 1 heterocycles. The third kappa shape index (κ3) is 3.20. The van der Waals surface area contributed by atoms with Crippen LogP contribution in [0.15, 0.2) is 18.2 Å². The molecule has 0 bridgehead atoms. The zero-order chi connectivity index (χ0) is 18.0. The van der Waals surface area contributed by atoms with E-state index >= 15 is 0 Å². The molecule has 1 aliphatic carbocycles. The van der Waals surface area contributed by atoms with E-state index in [-0.39, 0.29) is 5.91 Å². The van der Waals surface area contributed by atoms with Crippen molar-refractivity contribution in [3.63, 3.8) is 0 Å². The molecule has 6 heteroatoms. The Hall–Kier alpha value is -2.52. The fourth-order valence-electron chi connectivity index (χ4n) is 3.19. The number of fused-ring (bicyclic) bond motifs is 1. The predicted octanol–water partition coefficient (Wildman–Crippen LogP) is 4.01. The topological polar surface area (TPSA) is 71.3 Å². The number of anilines is 1. The van der Waals surface area contributed by atoms with Crippen LogP contribution in [-0.2, 0) is 12.8 Å². The molecular formula is C19H20N2O3S. The Morgan fingerprint density at radius 2 is 2.16 bits per heavy atom. The summed E-state index contributed by atoms with van der Waals surface area (Å²) in [6, 6.07) is 7.42. The molecule has 0 aliphatic heterocycles. The monoisotopic (exact) mass is 356 g/mol. The highest BCUT2D eigenvalue weighted by Gasteiger charge is 2.25. The smallest absolute Gasteiger partial charge is 0.260 e. The summed E-state index contributed by atoms with van der Waals surface area (Å²) in [5.74, 6) is 1.18. The number of carbonyl (C=O) groups excluding carboxylic acids is 1. The van der Waals surface area contributed by atoms with Crippen LogP contribution in [0.2, 0.25) is 0 Å². The molecule has 0 radical (unpaired) electrons. The van der Waals surface area contributed by atoms with Crippen molar-refractivity contribution in [1.82, 2.24) is 0 Å². The molecule has 25 heavy (non-hydrogen) atoms. The minimum Gasteiger partial charge on any atom is -0.493 e. The lowest BCUT2D eigenvalue weighted by Gasteiger charge is -2.17. The van der Waals surface area contributed by atoms with Gasteiger partial charge in [0.15, 0.2) is 11.5 Å². The number of benzene rings is 1. The minimum atomic E-state index is -0.307. The molecule has 0 spiro atoms. The maximum Gasteiger partial charge on any atom is 0.260 e. The van der Waals surface area contributed by atoms with Crippen LogP contribution in [0.5, 0.6) is 11.5 Å². The van der Waals surface area contributed by atoms with Crippen molar-refractivity contribution >= 4 is 22.2 Å². The summed E-state index contributed by atoms with van der Waals surface area (Å²) < 4.78 is 10.6. The highest BCUT2D eigenvalue weighted by atomic mass is 32.1. The number of nitrogens with zero attached hydrogens (tertiary/aromatic N) is 1. The normalized spacial score (nSPS) is 15.8. The van der Waals surface area contributed by atoms with Crippen LogP contribution < -0.4 is 14.8 Å². The molecule has 1 aromatic heterocycles. The Balaban J connectivity index is 1.94. The van der Waals surface area contributed by atoms with Gasteiger partial charge in [-0.15, -0.1) is 11.3 Å². The second-order valence-corrected chi connectivity index (χ2v) is 7.27. The van der Waals surface area contributed by atoms with Gasteiger partial charge in [-0.05, 0) is 42.9 Å². The summed E-state index contributed by atoms with van der Waals surface area (Å²) in [5, 5.41) is 13.1. The van der Waals surface area contributed by atoms with Gasteiger partial charge in [0.1, 0.15) is 11.1 Å². The fraction of sp³-hybridized carbons (Fsp3) is 0.368. The van der Waals surface area contributed by atoms with E-state index in [9.17, 15) is 10.1 Å². The number of thiophene rings is 1. The van der Waals surface area contributed by atoms with Crippen molar-refractivity contribution in [2.45, 2.75) is 26.2 Å². The number of nitriles is 1. The van der Waals surface area contributed by atoms with Crippen molar-refractivity contribution in [2.24, 2.45) is 5.92 Å². The van der Waals surface area contributed by atoms with Crippen molar-refractivity contribution < 1.29 is 14.3 Å². The summed E-state index contributed by atoms with van der Waals surface area (Å²) in [6.07, 6.45) is 2.94. The maximum atomic E-state index is 12.8. The van der Waals surface area contributed by atoms with Crippen LogP contribution in [-0.4, -0.2) is 20.1 Å². The molecule has 1 aliphatic rings. The van der Waals surface area contributed by atoms with Crippen LogP contribution in [0.1, 0.15) is 39.7 Å². The third-order valence-corrected chi connectivity index (χ3v) is 5.67. The van der Waals surface area contributed by atoms with Gasteiger partial charge in [0.05, 0.1) is 25.3 Å². The lowest BCUT2D eigenvalue weighted by molar-refractivity contribution is 0.102. The van der Waals surface area contributed by atoms with Gasteiger partial charge in [-0.25, -0.2) is 0 Å². The molecule has 1 N–H and O–H groups in total. The average molecular weight is 356 g/mol. The molecule has 1 aromatic carbocycles. The van der Waals surface area contributed by atoms with E-state index in [0.717, 1.165) is 24.8 Å². The van der Waals surface area contributed by atoms with E-state index in [1.54, 1.807) is 18.2 Å². The molecule has 0 saturated heterocycles. The number of methoxy groups -OCH3 is 2. The van der Waals surface area contributed by atoms with Gasteiger partial charge in [0, 0.05) is 4.88 Å². The molecule has 130 valence electrons. The second kappa shape index (κ2) is 7.16. The Morgan fingerprint density at radius 3 is 2.84 bits per heavy atom. The van der Waals surface area contributed by atoms with Crippen molar-refractivity contribution in [3.8, 4) is 17.6 Å². The van der Waals surface area contributed by atoms with E-state index in [2.05, 4.69) is 18.3 Å². The van der Waals surface area contributed by atoms with E-state index in [0.29, 0.717) is 33.5 Å². The summed E-state index contributed by atoms with van der Waals surface area (Å²) >= 11 is 1.51. The van der Waals surface area contributed by atoms with Gasteiger partial charge < -0.3 is 14.8 Å². The predicted molar refractivity (Wildman–Crippen MR) is 97.7 cm³/mol. The number of rotatable bonds is 4. The Morgan fingerprint density at radius 1 is 1.36 bits per heavy atom. The van der Waals surface area contributed by atoms with Crippen LogP contribution in [0.4, 0.5) is 5.00 Å². The first-order chi connectivity index (χ1) is 12.1. The Kier molecular flexibility index (Phi) is 4.95. The van der Waals surface area contributed by atoms with E-state index in [1.807, 2.05) is 0 Å². The van der Waals surface area contributed by atoms with Crippen LogP contribution >= 0.6 is 11.3 Å². The van der Waals surface area contributed by atoms with Gasteiger partial charge in [0.25, 0.3) is 5.91 Å². The molecule has 1 unspecified atom stereocenters. The molecule has 1 atom stereocenters. The standard InChI is InChI=1S/C19H20N2O3S/c1-11-7-8-12-14(10-20)19(25-16(12)9-11)21-18(22)13-5-4-6-15(23-2)17(13)24-3/h4-6,11H,7-9H2,1-3H3,(H,21,22). The minimum absolute atomic E-state index is 0.307. The number of amides is 1. The largest absolute Gasteiger partial charge is 0.493 e. The molecule has 5 nitrogen and oxygen atoms in total. The van der Waals surface area contributed by atoms with Crippen molar-refractivity contribution in [3.05, 3.63) is 39.8 Å². The molecule has 0 fully saturated rings. The van der Waals surface area contributed by atoms with E-state index < -0.39 is 0 Å². The van der Waals surface area contributed by atoms with Gasteiger partial charge in [-0.2, -0.15) is 5.26 Å². The third-order valence-electron chi connectivity index (χ3n) is 4.50. The average Bonchev–Trinajstić information content (AvgIpc) is 2.96. The van der Waals surface area contributed by atoms with E-state index in [1.165, 1.54) is 30.4 Å². The summed E-state index contributed by atoms with van der Waals surface area (Å²) in [5.41, 5.74) is 2.08. The molecular weight excluding hydrogens is 336 g/mol. The summed E-state index contributed by atoms with van der Waals surface area (Å²) in [4.78, 5) is 14.0. The van der Waals surface area contributed by atoms with Gasteiger partial charge in [0.2, 0.25) is 0 Å². The second-order valence-electron chi connectivity index (χ2n) is 6.16. The first kappa shape index (κ1) is 17.3. The summed E-state index contributed by atoms with van der Waals surface area (Å²) in [7, 11) is 3.03. The lowest BCUT2D eigenvalue weighted by Crippen LogP contribution is -2.13. The number of hydrogen-bond donors (Lipinski definition) is 1. The number of para-hydroxylation sites is 1. The van der Waals surface area contributed by atoms with Crippen LogP contribution in [0.3, 0.4) is 0 Å². The molecule has 0 saturated carbocycles. The van der Waals surface area contributed by atoms with Gasteiger partial charge in [-0.3, -0.25) is 4.79 Å². The van der Waals surface area contributed by atoms with Crippen LogP contribution in [0.25, 0.3) is 0 Å². The fourth-order valence-corrected chi connectivity index (χ4v) is 4.55. The Bertz CT molecular complexity index is 851. The van der Waals surface area contributed by atoms with Crippen LogP contribution in [0, 0.1) is 17.2 Å². The van der Waals surface area contributed by atoms with Gasteiger partial charge >= 0.3 is 0 Å². The van der Waals surface area contributed by atoms with Gasteiger partial charge in [-0.1, -0.05) is 13.0 Å². The SMILES string of the molecule is COc1cccc(C(=O)Nc2sc3c(c2C#N)CCC(C)C3)c1OC. The number of hydrogen-bond acceptors (Lipinski definition) is 5. The zero-order valence-corrected chi connectivity index (χ0v) is 15.3. The number of carbonyl (C=O) groups is 1. The zero-order valence-electron chi connectivity index (χ0n) is 14.5. The highest BCUT2D eigenvalue weighted by molar-refractivity contribution is 7.16. The first-order valence-corrected chi connectivity index (χ1v) is 8.97. The number of nitrogens with one attached hydrogen (secondary N) is 1.